The molecule has 1 nitrogen and oxygen atoms in total. The average Bonchev–Trinajstić information content (AvgIpc) is 2.83. The van der Waals surface area contributed by atoms with E-state index in [0.29, 0.717) is 0 Å². The Morgan fingerprint density at radius 1 is 1.18 bits per heavy atom. The maximum atomic E-state index is 10.4. The molecule has 0 saturated heterocycles. The van der Waals surface area contributed by atoms with Gasteiger partial charge in [-0.1, -0.05) is 20.8 Å². The molecule has 0 amide bonds. The van der Waals surface area contributed by atoms with Crippen LogP contribution in [0.2, 0.25) is 0 Å². The number of aliphatic hydroxyl groups excluding tert-OH is 1. The Balaban J connectivity index is 2.30. The van der Waals surface area contributed by atoms with Gasteiger partial charge in [0.05, 0.1) is 0 Å². The minimum absolute atomic E-state index is 0.160. The first kappa shape index (κ1) is 12.8. The summed E-state index contributed by atoms with van der Waals surface area (Å²) in [6.07, 6.45) is -0.462. The number of rotatable bonds is 2. The third kappa shape index (κ3) is 2.62. The van der Waals surface area contributed by atoms with Crippen molar-refractivity contribution in [3.8, 4) is 0 Å². The maximum Gasteiger partial charge on any atom is 0.123 e. The summed E-state index contributed by atoms with van der Waals surface area (Å²) in [6, 6.07) is 6.24. The van der Waals surface area contributed by atoms with Crippen LogP contribution >= 0.6 is 22.7 Å². The van der Waals surface area contributed by atoms with Crippen molar-refractivity contribution in [2.75, 3.05) is 0 Å². The zero-order chi connectivity index (χ0) is 12.6. The van der Waals surface area contributed by atoms with Crippen molar-refractivity contribution in [2.45, 2.75) is 39.2 Å². The van der Waals surface area contributed by atoms with Crippen LogP contribution in [-0.4, -0.2) is 5.11 Å². The fourth-order valence-corrected chi connectivity index (χ4v) is 3.76. The first-order valence-corrected chi connectivity index (χ1v) is 7.41. The molecule has 0 bridgehead atoms. The Kier molecular flexibility index (Phi) is 3.43. The standard InChI is InChI=1S/C14H18OS2/c1-9-7-8-16-13(9)12(15)10-5-6-11(17-10)14(2,3)4/h5-8,12,15H,1-4H3. The highest BCUT2D eigenvalue weighted by Gasteiger charge is 2.20. The highest BCUT2D eigenvalue weighted by Crippen LogP contribution is 2.36. The Labute approximate surface area is 111 Å². The van der Waals surface area contributed by atoms with Crippen molar-refractivity contribution >= 4 is 22.7 Å². The monoisotopic (exact) mass is 266 g/mol. The van der Waals surface area contributed by atoms with Crippen LogP contribution in [0.25, 0.3) is 0 Å². The van der Waals surface area contributed by atoms with E-state index in [2.05, 4.69) is 39.0 Å². The van der Waals surface area contributed by atoms with E-state index in [-0.39, 0.29) is 5.41 Å². The minimum Gasteiger partial charge on any atom is -0.382 e. The summed E-state index contributed by atoms with van der Waals surface area (Å²) in [5, 5.41) is 12.4. The molecule has 3 heteroatoms. The lowest BCUT2D eigenvalue weighted by molar-refractivity contribution is 0.227. The van der Waals surface area contributed by atoms with E-state index in [1.807, 2.05) is 12.3 Å². The maximum absolute atomic E-state index is 10.4. The molecule has 0 saturated carbocycles. The molecule has 0 aromatic carbocycles. The number of hydrogen-bond donors (Lipinski definition) is 1. The molecule has 1 unspecified atom stereocenters. The second-order valence-corrected chi connectivity index (χ2v) is 7.39. The van der Waals surface area contributed by atoms with Crippen molar-refractivity contribution < 1.29 is 5.11 Å². The smallest absolute Gasteiger partial charge is 0.123 e. The van der Waals surface area contributed by atoms with Crippen LogP contribution in [-0.2, 0) is 5.41 Å². The van der Waals surface area contributed by atoms with Gasteiger partial charge in [0.15, 0.2) is 0 Å². The van der Waals surface area contributed by atoms with E-state index in [9.17, 15) is 5.11 Å². The van der Waals surface area contributed by atoms with Crippen molar-refractivity contribution in [1.82, 2.24) is 0 Å². The molecule has 0 spiro atoms. The second-order valence-electron chi connectivity index (χ2n) is 5.32. The van der Waals surface area contributed by atoms with E-state index < -0.39 is 6.10 Å². The quantitative estimate of drug-likeness (QED) is 0.848. The van der Waals surface area contributed by atoms with E-state index in [4.69, 9.17) is 0 Å². The summed E-state index contributed by atoms with van der Waals surface area (Å²) < 4.78 is 0. The van der Waals surface area contributed by atoms with E-state index in [1.165, 1.54) is 10.4 Å². The van der Waals surface area contributed by atoms with E-state index in [0.717, 1.165) is 9.75 Å². The van der Waals surface area contributed by atoms with Gasteiger partial charge >= 0.3 is 0 Å². The SMILES string of the molecule is Cc1ccsc1C(O)c1ccc(C(C)(C)C)s1. The lowest BCUT2D eigenvalue weighted by Gasteiger charge is -2.15. The first-order chi connectivity index (χ1) is 7.89. The molecule has 0 aliphatic rings. The van der Waals surface area contributed by atoms with Gasteiger partial charge in [0.25, 0.3) is 0 Å². The van der Waals surface area contributed by atoms with Crippen molar-refractivity contribution in [2.24, 2.45) is 0 Å². The van der Waals surface area contributed by atoms with Crippen molar-refractivity contribution in [3.05, 3.63) is 43.8 Å². The molecule has 17 heavy (non-hydrogen) atoms. The summed E-state index contributed by atoms with van der Waals surface area (Å²) in [4.78, 5) is 3.42. The number of aliphatic hydroxyl groups is 1. The summed E-state index contributed by atoms with van der Waals surface area (Å²) in [7, 11) is 0. The molecule has 2 aromatic rings. The van der Waals surface area contributed by atoms with Gasteiger partial charge < -0.3 is 5.11 Å². The normalized spacial score (nSPS) is 13.9. The molecule has 0 aliphatic heterocycles. The Hall–Kier alpha value is -0.640. The van der Waals surface area contributed by atoms with Gasteiger partial charge in [0.1, 0.15) is 6.10 Å². The predicted octanol–water partition coefficient (Wildman–Crippen LogP) is 4.50. The fraction of sp³-hybridized carbons (Fsp3) is 0.429. The molecular weight excluding hydrogens is 248 g/mol. The van der Waals surface area contributed by atoms with Crippen LogP contribution in [0.15, 0.2) is 23.6 Å². The third-order valence-electron chi connectivity index (χ3n) is 2.79. The highest BCUT2D eigenvalue weighted by molar-refractivity contribution is 7.13. The Morgan fingerprint density at radius 3 is 2.35 bits per heavy atom. The van der Waals surface area contributed by atoms with Crippen LogP contribution in [0, 0.1) is 6.92 Å². The first-order valence-electron chi connectivity index (χ1n) is 5.72. The van der Waals surface area contributed by atoms with E-state index >= 15 is 0 Å². The molecular formula is C14H18OS2. The molecule has 2 heterocycles. The predicted molar refractivity (Wildman–Crippen MR) is 76.1 cm³/mol. The van der Waals surface area contributed by atoms with Crippen LogP contribution in [0.1, 0.15) is 47.1 Å². The van der Waals surface area contributed by atoms with Crippen LogP contribution < -0.4 is 0 Å². The second kappa shape index (κ2) is 4.56. The van der Waals surface area contributed by atoms with Gasteiger partial charge in [-0.15, -0.1) is 22.7 Å². The number of thiophene rings is 2. The van der Waals surface area contributed by atoms with Crippen LogP contribution in [0.3, 0.4) is 0 Å². The molecule has 1 N–H and O–H groups in total. The summed E-state index contributed by atoms with van der Waals surface area (Å²) in [6.45, 7) is 8.65. The van der Waals surface area contributed by atoms with Crippen molar-refractivity contribution in [3.63, 3.8) is 0 Å². The molecule has 0 radical (unpaired) electrons. The zero-order valence-electron chi connectivity index (χ0n) is 10.7. The molecule has 1 atom stereocenters. The van der Waals surface area contributed by atoms with Gasteiger partial charge in [-0.2, -0.15) is 0 Å². The number of aryl methyl sites for hydroxylation is 1. The zero-order valence-corrected chi connectivity index (χ0v) is 12.3. The Morgan fingerprint density at radius 2 is 1.88 bits per heavy atom. The fourth-order valence-electron chi connectivity index (χ4n) is 1.70. The minimum atomic E-state index is -0.462. The molecule has 2 aromatic heterocycles. The van der Waals surface area contributed by atoms with Gasteiger partial charge in [0, 0.05) is 14.6 Å². The lowest BCUT2D eigenvalue weighted by Crippen LogP contribution is -2.07. The van der Waals surface area contributed by atoms with Crippen LogP contribution in [0.4, 0.5) is 0 Å². The van der Waals surface area contributed by atoms with Crippen molar-refractivity contribution in [1.29, 1.82) is 0 Å². The molecule has 0 aliphatic carbocycles. The van der Waals surface area contributed by atoms with Gasteiger partial charge in [0.2, 0.25) is 0 Å². The summed E-state index contributed by atoms with van der Waals surface area (Å²) in [5.41, 5.74) is 1.33. The number of hydrogen-bond acceptors (Lipinski definition) is 3. The average molecular weight is 266 g/mol. The highest BCUT2D eigenvalue weighted by atomic mass is 32.1. The molecule has 92 valence electrons. The topological polar surface area (TPSA) is 20.2 Å². The molecule has 0 fully saturated rings. The lowest BCUT2D eigenvalue weighted by atomic mass is 9.95. The largest absolute Gasteiger partial charge is 0.382 e. The van der Waals surface area contributed by atoms with E-state index in [1.54, 1.807) is 22.7 Å². The van der Waals surface area contributed by atoms with Gasteiger partial charge in [-0.25, -0.2) is 0 Å². The van der Waals surface area contributed by atoms with Gasteiger partial charge in [-0.05, 0) is 41.5 Å². The van der Waals surface area contributed by atoms with Gasteiger partial charge in [-0.3, -0.25) is 0 Å². The third-order valence-corrected chi connectivity index (χ3v) is 5.42. The summed E-state index contributed by atoms with van der Waals surface area (Å²) in [5.74, 6) is 0. The summed E-state index contributed by atoms with van der Waals surface area (Å²) >= 11 is 3.34. The molecule has 2 rings (SSSR count). The van der Waals surface area contributed by atoms with Crippen LogP contribution in [0.5, 0.6) is 0 Å². The Bertz CT molecular complexity index is 502.